The lowest BCUT2D eigenvalue weighted by Crippen LogP contribution is -2.07. The molecule has 0 spiro atoms. The zero-order valence-corrected chi connectivity index (χ0v) is 13.8. The van der Waals surface area contributed by atoms with Crippen molar-refractivity contribution in [2.45, 2.75) is 25.5 Å². The van der Waals surface area contributed by atoms with E-state index in [9.17, 15) is 4.79 Å². The molecular formula is C16H17N5OS. The van der Waals surface area contributed by atoms with Crippen LogP contribution in [0.3, 0.4) is 0 Å². The maximum absolute atomic E-state index is 12.3. The van der Waals surface area contributed by atoms with Gasteiger partial charge >= 0.3 is 0 Å². The van der Waals surface area contributed by atoms with E-state index in [-0.39, 0.29) is 5.78 Å². The molecule has 0 radical (unpaired) electrons. The van der Waals surface area contributed by atoms with Gasteiger partial charge in [-0.15, -0.1) is 5.10 Å². The Bertz CT molecular complexity index is 809. The minimum absolute atomic E-state index is 0.0751. The first kappa shape index (κ1) is 15.5. The van der Waals surface area contributed by atoms with Crippen molar-refractivity contribution in [2.24, 2.45) is 0 Å². The zero-order chi connectivity index (χ0) is 16.2. The normalized spacial score (nSPS) is 10.9. The summed E-state index contributed by atoms with van der Waals surface area (Å²) in [5.74, 6) is 0.388. The van der Waals surface area contributed by atoms with E-state index in [1.54, 1.807) is 4.68 Å². The highest BCUT2D eigenvalue weighted by molar-refractivity contribution is 7.99. The molecule has 0 aliphatic rings. The number of hydrogen-bond donors (Lipinski definition) is 1. The average Bonchev–Trinajstić information content (AvgIpc) is 3.12. The molecule has 2 aromatic heterocycles. The van der Waals surface area contributed by atoms with Crippen molar-refractivity contribution in [1.82, 2.24) is 25.2 Å². The Kier molecular flexibility index (Phi) is 4.57. The fourth-order valence-electron chi connectivity index (χ4n) is 2.38. The summed E-state index contributed by atoms with van der Waals surface area (Å²) >= 11 is 1.36. The van der Waals surface area contributed by atoms with Crippen LogP contribution >= 0.6 is 11.8 Å². The number of aryl methyl sites for hydroxylation is 2. The van der Waals surface area contributed by atoms with Crippen LogP contribution in [0.5, 0.6) is 0 Å². The van der Waals surface area contributed by atoms with Gasteiger partial charge in [0.2, 0.25) is 5.16 Å². The lowest BCUT2D eigenvalue weighted by atomic mass is 10.2. The molecule has 0 saturated heterocycles. The summed E-state index contributed by atoms with van der Waals surface area (Å²) in [7, 11) is 0. The topological polar surface area (TPSA) is 76.5 Å². The zero-order valence-electron chi connectivity index (χ0n) is 13.0. The summed E-state index contributed by atoms with van der Waals surface area (Å²) in [5, 5.41) is 12.4. The predicted octanol–water partition coefficient (Wildman–Crippen LogP) is 2.64. The number of aromatic amines is 1. The smallest absolute Gasteiger partial charge is 0.210 e. The fraction of sp³-hybridized carbons (Fsp3) is 0.250. The molecule has 0 bridgehead atoms. The Labute approximate surface area is 138 Å². The summed E-state index contributed by atoms with van der Waals surface area (Å²) in [6, 6.07) is 11.9. The second-order valence-electron chi connectivity index (χ2n) is 5.31. The largest absolute Gasteiger partial charge is 0.362 e. The van der Waals surface area contributed by atoms with Gasteiger partial charge in [-0.25, -0.2) is 4.68 Å². The number of carbonyl (C=O) groups is 1. The van der Waals surface area contributed by atoms with Crippen LogP contribution in [-0.2, 0) is 6.54 Å². The highest BCUT2D eigenvalue weighted by atomic mass is 32.2. The van der Waals surface area contributed by atoms with Gasteiger partial charge in [-0.05, 0) is 35.9 Å². The first-order valence-electron chi connectivity index (χ1n) is 7.26. The number of hydrogen-bond acceptors (Lipinski definition) is 5. The molecular weight excluding hydrogens is 310 g/mol. The van der Waals surface area contributed by atoms with Crippen LogP contribution in [0.4, 0.5) is 0 Å². The number of tetrazole rings is 1. The van der Waals surface area contributed by atoms with Gasteiger partial charge in [0, 0.05) is 17.0 Å². The second kappa shape index (κ2) is 6.78. The van der Waals surface area contributed by atoms with Crippen LogP contribution < -0.4 is 0 Å². The SMILES string of the molecule is Cc1cc(C(=O)CSc2nnnn2Cc2ccccc2)c(C)[nH]1. The number of Topliss-reactive ketones (excluding diaryl/α,β-unsaturated/α-hetero) is 1. The number of nitrogens with zero attached hydrogens (tertiary/aromatic N) is 4. The van der Waals surface area contributed by atoms with E-state index in [0.717, 1.165) is 22.5 Å². The van der Waals surface area contributed by atoms with Crippen molar-refractivity contribution in [3.8, 4) is 0 Å². The number of carbonyl (C=O) groups excluding carboxylic acids is 1. The summed E-state index contributed by atoms with van der Waals surface area (Å²) < 4.78 is 1.71. The summed E-state index contributed by atoms with van der Waals surface area (Å²) in [4.78, 5) is 15.5. The molecule has 0 atom stereocenters. The number of aromatic nitrogens is 5. The molecule has 0 unspecified atom stereocenters. The van der Waals surface area contributed by atoms with E-state index in [2.05, 4.69) is 20.5 Å². The molecule has 3 aromatic rings. The van der Waals surface area contributed by atoms with Gasteiger partial charge < -0.3 is 4.98 Å². The Hall–Kier alpha value is -2.41. The Balaban J connectivity index is 1.66. The standard InChI is InChI=1S/C16H17N5OS/c1-11-8-14(12(2)17-11)15(22)10-23-16-18-19-20-21(16)9-13-6-4-3-5-7-13/h3-8,17H,9-10H2,1-2H3. The fourth-order valence-corrected chi connectivity index (χ4v) is 3.14. The van der Waals surface area contributed by atoms with Gasteiger partial charge in [0.1, 0.15) is 0 Å². The molecule has 23 heavy (non-hydrogen) atoms. The van der Waals surface area contributed by atoms with E-state index >= 15 is 0 Å². The van der Waals surface area contributed by atoms with Crippen molar-refractivity contribution in [2.75, 3.05) is 5.75 Å². The van der Waals surface area contributed by atoms with Gasteiger partial charge in [-0.2, -0.15) is 0 Å². The van der Waals surface area contributed by atoms with Gasteiger partial charge in [-0.1, -0.05) is 42.1 Å². The monoisotopic (exact) mass is 327 g/mol. The van der Waals surface area contributed by atoms with Crippen molar-refractivity contribution >= 4 is 17.5 Å². The van der Waals surface area contributed by atoms with Gasteiger partial charge in [0.15, 0.2) is 5.78 Å². The van der Waals surface area contributed by atoms with Crippen LogP contribution in [0.2, 0.25) is 0 Å². The summed E-state index contributed by atoms with van der Waals surface area (Å²) in [5.41, 5.74) is 3.74. The summed E-state index contributed by atoms with van der Waals surface area (Å²) in [6.45, 7) is 4.44. The van der Waals surface area contributed by atoms with Crippen molar-refractivity contribution in [3.63, 3.8) is 0 Å². The predicted molar refractivity (Wildman–Crippen MR) is 88.7 cm³/mol. The van der Waals surface area contributed by atoms with Crippen molar-refractivity contribution in [1.29, 1.82) is 0 Å². The maximum Gasteiger partial charge on any atom is 0.210 e. The Morgan fingerprint density at radius 3 is 2.74 bits per heavy atom. The third kappa shape index (κ3) is 3.68. The molecule has 0 amide bonds. The van der Waals surface area contributed by atoms with Crippen molar-refractivity contribution < 1.29 is 4.79 Å². The highest BCUT2D eigenvalue weighted by Crippen LogP contribution is 2.19. The molecule has 0 aliphatic carbocycles. The minimum Gasteiger partial charge on any atom is -0.362 e. The molecule has 118 valence electrons. The molecule has 1 N–H and O–H groups in total. The minimum atomic E-state index is 0.0751. The maximum atomic E-state index is 12.3. The molecule has 0 saturated carbocycles. The van der Waals surface area contributed by atoms with Crippen LogP contribution in [-0.4, -0.2) is 36.7 Å². The number of thioether (sulfide) groups is 1. The van der Waals surface area contributed by atoms with Crippen molar-refractivity contribution in [3.05, 3.63) is 58.9 Å². The molecule has 0 aliphatic heterocycles. The number of benzene rings is 1. The quantitative estimate of drug-likeness (QED) is 0.556. The Morgan fingerprint density at radius 2 is 2.04 bits per heavy atom. The van der Waals surface area contributed by atoms with Crippen LogP contribution in [0.1, 0.15) is 27.3 Å². The first-order valence-corrected chi connectivity index (χ1v) is 8.24. The van der Waals surface area contributed by atoms with Crippen LogP contribution in [0, 0.1) is 13.8 Å². The molecule has 3 rings (SSSR count). The van der Waals surface area contributed by atoms with Gasteiger partial charge in [0.05, 0.1) is 12.3 Å². The lowest BCUT2D eigenvalue weighted by molar-refractivity contribution is 0.102. The third-order valence-electron chi connectivity index (χ3n) is 3.46. The lowest BCUT2D eigenvalue weighted by Gasteiger charge is -2.04. The third-order valence-corrected chi connectivity index (χ3v) is 4.41. The molecule has 2 heterocycles. The number of rotatable bonds is 6. The second-order valence-corrected chi connectivity index (χ2v) is 6.25. The van der Waals surface area contributed by atoms with E-state index in [4.69, 9.17) is 0 Å². The molecule has 0 fully saturated rings. The van der Waals surface area contributed by atoms with Gasteiger partial charge in [0.25, 0.3) is 0 Å². The number of nitrogens with one attached hydrogen (secondary N) is 1. The molecule has 1 aromatic carbocycles. The van der Waals surface area contributed by atoms with E-state index in [1.807, 2.05) is 50.2 Å². The van der Waals surface area contributed by atoms with E-state index in [0.29, 0.717) is 17.5 Å². The number of H-pyrrole nitrogens is 1. The highest BCUT2D eigenvalue weighted by Gasteiger charge is 2.14. The van der Waals surface area contributed by atoms with Gasteiger partial charge in [-0.3, -0.25) is 4.79 Å². The summed E-state index contributed by atoms with van der Waals surface area (Å²) in [6.07, 6.45) is 0. The van der Waals surface area contributed by atoms with E-state index in [1.165, 1.54) is 11.8 Å². The Morgan fingerprint density at radius 1 is 1.26 bits per heavy atom. The molecule has 6 nitrogen and oxygen atoms in total. The van der Waals surface area contributed by atoms with E-state index < -0.39 is 0 Å². The molecule has 7 heteroatoms. The average molecular weight is 327 g/mol. The van der Waals surface area contributed by atoms with Crippen LogP contribution in [0.15, 0.2) is 41.6 Å². The first-order chi connectivity index (χ1) is 11.1. The van der Waals surface area contributed by atoms with Crippen LogP contribution in [0.25, 0.3) is 0 Å². The number of ketones is 1.